The van der Waals surface area contributed by atoms with Gasteiger partial charge in [0.05, 0.1) is 10.9 Å². The van der Waals surface area contributed by atoms with Gasteiger partial charge in [-0.05, 0) is 24.3 Å². The number of rotatable bonds is 1. The molecule has 2 atom stereocenters. The first-order valence-corrected chi connectivity index (χ1v) is 7.98. The minimum absolute atomic E-state index is 0.198. The van der Waals surface area contributed by atoms with Gasteiger partial charge in [-0.3, -0.25) is 0 Å². The van der Waals surface area contributed by atoms with E-state index in [1.807, 2.05) is 0 Å². The first-order chi connectivity index (χ1) is 9.45. The lowest BCUT2D eigenvalue weighted by Gasteiger charge is -2.13. The molecule has 0 aromatic heterocycles. The van der Waals surface area contributed by atoms with Crippen molar-refractivity contribution in [2.45, 2.75) is 21.5 Å². The predicted molar refractivity (Wildman–Crippen MR) is 82.3 cm³/mol. The zero-order chi connectivity index (χ0) is 12.7. The number of fused-ring (bicyclic) bond motifs is 3. The van der Waals surface area contributed by atoms with Gasteiger partial charge in [0.1, 0.15) is 0 Å². The van der Waals surface area contributed by atoms with Crippen LogP contribution in [0.2, 0.25) is 0 Å². The second-order valence-corrected chi connectivity index (χ2v) is 7.08. The van der Waals surface area contributed by atoms with E-state index < -0.39 is 0 Å². The van der Waals surface area contributed by atoms with Crippen LogP contribution in [0, 0.1) is 0 Å². The fraction of sp³-hybridized carbons (Fsp3) is 0.111. The maximum atomic E-state index is 2.31. The van der Waals surface area contributed by atoms with E-state index in [9.17, 15) is 0 Å². The molecule has 2 aromatic rings. The van der Waals surface area contributed by atoms with Crippen LogP contribution in [0.1, 0.15) is 12.0 Å². The van der Waals surface area contributed by atoms with Crippen molar-refractivity contribution < 1.29 is 0 Å². The molecule has 0 bridgehead atoms. The summed E-state index contributed by atoms with van der Waals surface area (Å²) in [6.45, 7) is 0. The molecule has 19 heavy (non-hydrogen) atoms. The summed E-state index contributed by atoms with van der Waals surface area (Å²) in [5.74, 6) is 0. The zero-order valence-corrected chi connectivity index (χ0v) is 11.4. The van der Waals surface area contributed by atoms with Gasteiger partial charge in [-0.2, -0.15) is 0 Å². The first kappa shape index (κ1) is 11.1. The number of hydrogen-bond donors (Lipinski definition) is 0. The smallest absolute Gasteiger partial charge is 0.0792 e. The van der Waals surface area contributed by atoms with Crippen LogP contribution < -0.4 is 0 Å². The third kappa shape index (κ3) is 1.69. The van der Waals surface area contributed by atoms with Crippen LogP contribution >= 0.6 is 0 Å². The standard InChI is InChI=1S/C18H15S/c1-2-8-14(9-3-1)19-17-12-6-4-10-15(17)16-11-5-7-13-18(16)19/h1-12,18H,13H2/q+1. The molecular weight excluding hydrogens is 248 g/mol. The molecule has 1 heteroatoms. The molecule has 0 nitrogen and oxygen atoms in total. The first-order valence-electron chi connectivity index (χ1n) is 6.69. The molecule has 0 fully saturated rings. The van der Waals surface area contributed by atoms with Crippen molar-refractivity contribution in [1.82, 2.24) is 0 Å². The summed E-state index contributed by atoms with van der Waals surface area (Å²) in [5, 5.41) is 0.643. The summed E-state index contributed by atoms with van der Waals surface area (Å²) in [6, 6.07) is 19.9. The highest BCUT2D eigenvalue weighted by molar-refractivity contribution is 7.98. The maximum absolute atomic E-state index is 2.31. The Morgan fingerprint density at radius 3 is 2.58 bits per heavy atom. The Labute approximate surface area is 116 Å². The van der Waals surface area contributed by atoms with Crippen LogP contribution in [-0.4, -0.2) is 5.25 Å². The molecule has 1 aliphatic heterocycles. The van der Waals surface area contributed by atoms with E-state index in [4.69, 9.17) is 0 Å². The van der Waals surface area contributed by atoms with E-state index in [0.29, 0.717) is 5.25 Å². The van der Waals surface area contributed by atoms with Crippen LogP contribution in [0.3, 0.4) is 0 Å². The minimum Gasteiger partial charge on any atom is -0.0792 e. The lowest BCUT2D eigenvalue weighted by atomic mass is 9.98. The molecule has 92 valence electrons. The van der Waals surface area contributed by atoms with Crippen molar-refractivity contribution in [1.29, 1.82) is 0 Å². The fourth-order valence-corrected chi connectivity index (χ4v) is 5.75. The van der Waals surface area contributed by atoms with Crippen LogP contribution in [0.15, 0.2) is 82.6 Å². The highest BCUT2D eigenvalue weighted by atomic mass is 32.2. The van der Waals surface area contributed by atoms with Crippen molar-refractivity contribution >= 4 is 16.5 Å². The Kier molecular flexibility index (Phi) is 2.59. The van der Waals surface area contributed by atoms with E-state index in [1.54, 1.807) is 0 Å². The summed E-state index contributed by atoms with van der Waals surface area (Å²) in [7, 11) is 0.198. The Morgan fingerprint density at radius 2 is 1.68 bits per heavy atom. The van der Waals surface area contributed by atoms with Crippen LogP contribution in [0.4, 0.5) is 0 Å². The van der Waals surface area contributed by atoms with Crippen molar-refractivity contribution in [2.75, 3.05) is 0 Å². The molecule has 0 radical (unpaired) electrons. The average Bonchev–Trinajstić information content (AvgIpc) is 2.83. The normalized spacial score (nSPS) is 23.7. The van der Waals surface area contributed by atoms with Gasteiger partial charge >= 0.3 is 0 Å². The zero-order valence-electron chi connectivity index (χ0n) is 10.6. The van der Waals surface area contributed by atoms with Gasteiger partial charge in [0.2, 0.25) is 0 Å². The summed E-state index contributed by atoms with van der Waals surface area (Å²) in [4.78, 5) is 2.99. The monoisotopic (exact) mass is 263 g/mol. The molecule has 0 amide bonds. The molecule has 2 unspecified atom stereocenters. The highest BCUT2D eigenvalue weighted by Crippen LogP contribution is 2.47. The Morgan fingerprint density at radius 1 is 0.895 bits per heavy atom. The van der Waals surface area contributed by atoms with Gasteiger partial charge in [0.25, 0.3) is 0 Å². The second kappa shape index (κ2) is 4.43. The van der Waals surface area contributed by atoms with Gasteiger partial charge in [-0.15, -0.1) is 0 Å². The third-order valence-corrected chi connectivity index (χ3v) is 6.45. The van der Waals surface area contributed by atoms with Gasteiger partial charge < -0.3 is 0 Å². The van der Waals surface area contributed by atoms with E-state index in [1.165, 1.54) is 27.3 Å². The van der Waals surface area contributed by atoms with E-state index in [0.717, 1.165) is 0 Å². The summed E-state index contributed by atoms with van der Waals surface area (Å²) >= 11 is 0. The molecule has 1 heterocycles. The predicted octanol–water partition coefficient (Wildman–Crippen LogP) is 4.45. The van der Waals surface area contributed by atoms with Crippen LogP contribution in [0.5, 0.6) is 0 Å². The number of hydrogen-bond acceptors (Lipinski definition) is 0. The largest absolute Gasteiger partial charge is 0.169 e. The molecule has 4 rings (SSSR count). The molecule has 2 aromatic carbocycles. The lowest BCUT2D eigenvalue weighted by Crippen LogP contribution is -2.17. The molecule has 0 spiro atoms. The SMILES string of the molecule is C1=CCC2C(=C1)c1ccccc1[S+]2c1ccccc1. The van der Waals surface area contributed by atoms with Gasteiger partial charge in [-0.25, -0.2) is 0 Å². The Bertz CT molecular complexity index is 667. The maximum Gasteiger partial charge on any atom is 0.169 e. The fourth-order valence-electron chi connectivity index (χ4n) is 3.00. The number of allylic oxidation sites excluding steroid dienone is 3. The Balaban J connectivity index is 1.92. The van der Waals surface area contributed by atoms with Crippen molar-refractivity contribution in [2.24, 2.45) is 0 Å². The van der Waals surface area contributed by atoms with Gasteiger partial charge in [-0.1, -0.05) is 48.6 Å². The van der Waals surface area contributed by atoms with Crippen molar-refractivity contribution in [3.63, 3.8) is 0 Å². The topological polar surface area (TPSA) is 0 Å². The van der Waals surface area contributed by atoms with Gasteiger partial charge in [0.15, 0.2) is 15.0 Å². The highest BCUT2D eigenvalue weighted by Gasteiger charge is 2.46. The van der Waals surface area contributed by atoms with Crippen LogP contribution in [-0.2, 0) is 10.9 Å². The van der Waals surface area contributed by atoms with E-state index >= 15 is 0 Å². The summed E-state index contributed by atoms with van der Waals surface area (Å²) < 4.78 is 0. The van der Waals surface area contributed by atoms with E-state index in [-0.39, 0.29) is 10.9 Å². The molecular formula is C18H15S+. The molecule has 2 aliphatic rings. The van der Waals surface area contributed by atoms with E-state index in [2.05, 4.69) is 72.8 Å². The van der Waals surface area contributed by atoms with Gasteiger partial charge in [0, 0.05) is 17.6 Å². The third-order valence-electron chi connectivity index (χ3n) is 3.83. The summed E-state index contributed by atoms with van der Waals surface area (Å²) in [6.07, 6.45) is 7.99. The van der Waals surface area contributed by atoms with Crippen molar-refractivity contribution in [3.05, 3.63) is 78.4 Å². The molecule has 0 saturated heterocycles. The molecule has 1 aliphatic carbocycles. The Hall–Kier alpha value is -1.73. The quantitative estimate of drug-likeness (QED) is 0.667. The van der Waals surface area contributed by atoms with Crippen LogP contribution in [0.25, 0.3) is 5.57 Å². The second-order valence-electron chi connectivity index (χ2n) is 4.92. The minimum atomic E-state index is 0.198. The molecule has 0 saturated carbocycles. The lowest BCUT2D eigenvalue weighted by molar-refractivity contribution is 1.07. The average molecular weight is 263 g/mol. The number of benzene rings is 2. The summed E-state index contributed by atoms with van der Waals surface area (Å²) in [5.41, 5.74) is 2.99. The molecule has 0 N–H and O–H groups in total. The van der Waals surface area contributed by atoms with Crippen molar-refractivity contribution in [3.8, 4) is 0 Å².